The molecule has 1 aromatic carbocycles. The van der Waals surface area contributed by atoms with Crippen LogP contribution in [0.3, 0.4) is 0 Å². The van der Waals surface area contributed by atoms with Crippen molar-refractivity contribution in [3.8, 4) is 0 Å². The third-order valence-electron chi connectivity index (χ3n) is 3.67. The van der Waals surface area contributed by atoms with Crippen molar-refractivity contribution in [3.05, 3.63) is 47.0 Å². The predicted molar refractivity (Wildman–Crippen MR) is 83.6 cm³/mol. The minimum atomic E-state index is -0.352. The van der Waals surface area contributed by atoms with Gasteiger partial charge in [-0.2, -0.15) is 0 Å². The van der Waals surface area contributed by atoms with Crippen molar-refractivity contribution < 1.29 is 14.3 Å². The van der Waals surface area contributed by atoms with Crippen molar-refractivity contribution in [1.82, 2.24) is 10.4 Å². The fraction of sp³-hybridized carbons (Fsp3) is 0.412. The second-order valence-electron chi connectivity index (χ2n) is 5.27. The van der Waals surface area contributed by atoms with Crippen LogP contribution in [0.1, 0.15) is 32.3 Å². The van der Waals surface area contributed by atoms with Gasteiger partial charge in [-0.3, -0.25) is 14.6 Å². The van der Waals surface area contributed by atoms with Crippen LogP contribution >= 0.6 is 0 Å². The Kier molecular flexibility index (Phi) is 5.72. The Balaban J connectivity index is 1.98. The minimum Gasteiger partial charge on any atom is -0.466 e. The first kappa shape index (κ1) is 16.2. The summed E-state index contributed by atoms with van der Waals surface area (Å²) in [5.74, 6) is -0.483. The SMILES string of the molecule is CCOC(=O)CC1=C(C)CCN(NCc2ccccc2)C1=O. The van der Waals surface area contributed by atoms with Crippen molar-refractivity contribution >= 4 is 11.9 Å². The van der Waals surface area contributed by atoms with Crippen molar-refractivity contribution in [2.45, 2.75) is 33.2 Å². The highest BCUT2D eigenvalue weighted by Crippen LogP contribution is 2.21. The van der Waals surface area contributed by atoms with Gasteiger partial charge < -0.3 is 4.74 Å². The first-order valence-electron chi connectivity index (χ1n) is 7.55. The van der Waals surface area contributed by atoms with E-state index in [4.69, 9.17) is 4.74 Å². The third kappa shape index (κ3) is 4.18. The molecule has 0 atom stereocenters. The van der Waals surface area contributed by atoms with Crippen LogP contribution in [-0.4, -0.2) is 30.0 Å². The van der Waals surface area contributed by atoms with Crippen LogP contribution in [0.25, 0.3) is 0 Å². The maximum Gasteiger partial charge on any atom is 0.310 e. The van der Waals surface area contributed by atoms with Crippen LogP contribution < -0.4 is 5.43 Å². The van der Waals surface area contributed by atoms with Crippen LogP contribution in [0.4, 0.5) is 0 Å². The molecule has 0 radical (unpaired) electrons. The molecule has 0 spiro atoms. The van der Waals surface area contributed by atoms with Crippen molar-refractivity contribution in [2.75, 3.05) is 13.2 Å². The second-order valence-corrected chi connectivity index (χ2v) is 5.27. The lowest BCUT2D eigenvalue weighted by Gasteiger charge is -2.29. The molecule has 2 rings (SSSR count). The summed E-state index contributed by atoms with van der Waals surface area (Å²) in [6.07, 6.45) is 0.810. The molecule has 1 aliphatic rings. The van der Waals surface area contributed by atoms with Crippen molar-refractivity contribution in [3.63, 3.8) is 0 Å². The molecule has 22 heavy (non-hydrogen) atoms. The van der Waals surface area contributed by atoms with E-state index in [-0.39, 0.29) is 18.3 Å². The van der Waals surface area contributed by atoms with E-state index >= 15 is 0 Å². The van der Waals surface area contributed by atoms with Gasteiger partial charge in [0.05, 0.1) is 13.0 Å². The molecule has 1 aromatic rings. The largest absolute Gasteiger partial charge is 0.466 e. The summed E-state index contributed by atoms with van der Waals surface area (Å²) >= 11 is 0. The van der Waals surface area contributed by atoms with Gasteiger partial charge in [0, 0.05) is 18.7 Å². The highest BCUT2D eigenvalue weighted by molar-refractivity contribution is 5.98. The minimum absolute atomic E-state index is 0.0437. The average molecular weight is 302 g/mol. The smallest absolute Gasteiger partial charge is 0.310 e. The van der Waals surface area contributed by atoms with E-state index in [1.807, 2.05) is 37.3 Å². The zero-order chi connectivity index (χ0) is 15.9. The van der Waals surface area contributed by atoms with Gasteiger partial charge in [0.25, 0.3) is 5.91 Å². The average Bonchev–Trinajstić information content (AvgIpc) is 2.52. The van der Waals surface area contributed by atoms with Gasteiger partial charge in [0.2, 0.25) is 0 Å². The zero-order valence-corrected chi connectivity index (χ0v) is 13.1. The number of nitrogens with one attached hydrogen (secondary N) is 1. The molecular formula is C17H22N2O3. The topological polar surface area (TPSA) is 58.6 Å². The molecule has 1 amide bonds. The van der Waals surface area contributed by atoms with Gasteiger partial charge in [0.15, 0.2) is 0 Å². The zero-order valence-electron chi connectivity index (χ0n) is 13.1. The van der Waals surface area contributed by atoms with Gasteiger partial charge in [-0.15, -0.1) is 0 Å². The molecule has 1 heterocycles. The number of carbonyl (C=O) groups is 2. The van der Waals surface area contributed by atoms with Crippen LogP contribution in [0.15, 0.2) is 41.5 Å². The summed E-state index contributed by atoms with van der Waals surface area (Å²) in [6.45, 7) is 5.19. The first-order chi connectivity index (χ1) is 10.6. The predicted octanol–water partition coefficient (Wildman–Crippen LogP) is 2.19. The normalized spacial score (nSPS) is 15.2. The van der Waals surface area contributed by atoms with E-state index in [2.05, 4.69) is 5.43 Å². The molecule has 5 nitrogen and oxygen atoms in total. The number of rotatable bonds is 6. The number of carbonyl (C=O) groups excluding carboxylic acids is 2. The van der Waals surface area contributed by atoms with Gasteiger partial charge in [0.1, 0.15) is 0 Å². The van der Waals surface area contributed by atoms with Crippen LogP contribution in [0.2, 0.25) is 0 Å². The fourth-order valence-electron chi connectivity index (χ4n) is 2.39. The van der Waals surface area contributed by atoms with Gasteiger partial charge in [-0.05, 0) is 25.8 Å². The Labute approximate surface area is 130 Å². The van der Waals surface area contributed by atoms with Crippen LogP contribution in [0.5, 0.6) is 0 Å². The number of hydrazine groups is 1. The van der Waals surface area contributed by atoms with Gasteiger partial charge in [-0.1, -0.05) is 35.9 Å². The molecule has 0 saturated carbocycles. The Bertz CT molecular complexity index is 567. The van der Waals surface area contributed by atoms with Crippen molar-refractivity contribution in [2.24, 2.45) is 0 Å². The van der Waals surface area contributed by atoms with E-state index in [1.54, 1.807) is 11.9 Å². The molecule has 1 N–H and O–H groups in total. The van der Waals surface area contributed by atoms with E-state index in [0.717, 1.165) is 17.6 Å². The van der Waals surface area contributed by atoms with E-state index in [9.17, 15) is 9.59 Å². The Morgan fingerprint density at radius 1 is 1.32 bits per heavy atom. The maximum absolute atomic E-state index is 12.5. The summed E-state index contributed by atoms with van der Waals surface area (Å²) in [4.78, 5) is 24.1. The second kappa shape index (κ2) is 7.75. The first-order valence-corrected chi connectivity index (χ1v) is 7.55. The highest BCUT2D eigenvalue weighted by atomic mass is 16.5. The Morgan fingerprint density at radius 2 is 2.05 bits per heavy atom. The number of hydrogen-bond donors (Lipinski definition) is 1. The monoisotopic (exact) mass is 302 g/mol. The number of hydrogen-bond acceptors (Lipinski definition) is 4. The van der Waals surface area contributed by atoms with Crippen LogP contribution in [-0.2, 0) is 20.9 Å². The van der Waals surface area contributed by atoms with E-state index in [0.29, 0.717) is 25.3 Å². The summed E-state index contributed by atoms with van der Waals surface area (Å²) in [5.41, 5.74) is 5.76. The van der Waals surface area contributed by atoms with E-state index < -0.39 is 0 Å². The lowest BCUT2D eigenvalue weighted by atomic mass is 9.99. The molecular weight excluding hydrogens is 280 g/mol. The Morgan fingerprint density at radius 3 is 2.73 bits per heavy atom. The van der Waals surface area contributed by atoms with Crippen LogP contribution in [0, 0.1) is 0 Å². The molecule has 0 bridgehead atoms. The van der Waals surface area contributed by atoms with Gasteiger partial charge >= 0.3 is 5.97 Å². The lowest BCUT2D eigenvalue weighted by molar-refractivity contribution is -0.144. The molecule has 1 aliphatic heterocycles. The standard InChI is InChI=1S/C17H22N2O3/c1-3-22-16(20)11-15-13(2)9-10-19(17(15)21)18-12-14-7-5-4-6-8-14/h4-8,18H,3,9-12H2,1-2H3. The third-order valence-corrected chi connectivity index (χ3v) is 3.67. The molecule has 0 saturated heterocycles. The number of esters is 1. The number of ether oxygens (including phenoxy) is 1. The molecule has 0 aliphatic carbocycles. The number of amides is 1. The number of benzene rings is 1. The molecule has 0 aromatic heterocycles. The fourth-order valence-corrected chi connectivity index (χ4v) is 2.39. The summed E-state index contributed by atoms with van der Waals surface area (Å²) in [6, 6.07) is 9.89. The molecule has 5 heteroatoms. The molecule has 0 fully saturated rings. The molecule has 0 unspecified atom stereocenters. The van der Waals surface area contributed by atoms with E-state index in [1.165, 1.54) is 0 Å². The number of nitrogens with zero attached hydrogens (tertiary/aromatic N) is 1. The van der Waals surface area contributed by atoms with Crippen molar-refractivity contribution in [1.29, 1.82) is 0 Å². The lowest BCUT2D eigenvalue weighted by Crippen LogP contribution is -2.46. The highest BCUT2D eigenvalue weighted by Gasteiger charge is 2.27. The summed E-state index contributed by atoms with van der Waals surface area (Å²) < 4.78 is 4.94. The quantitative estimate of drug-likeness (QED) is 0.818. The maximum atomic E-state index is 12.5. The molecule has 118 valence electrons. The van der Waals surface area contributed by atoms with Gasteiger partial charge in [-0.25, -0.2) is 5.43 Å². The summed E-state index contributed by atoms with van der Waals surface area (Å²) in [7, 11) is 0. The summed E-state index contributed by atoms with van der Waals surface area (Å²) in [5, 5.41) is 1.59. The Hall–Kier alpha value is -2.14.